The maximum Gasteiger partial charge on any atom is 0.171 e. The lowest BCUT2D eigenvalue weighted by atomic mass is 10.2. The second-order valence-electron chi connectivity index (χ2n) is 3.86. The summed E-state index contributed by atoms with van der Waals surface area (Å²) in [6.07, 6.45) is 0. The first-order chi connectivity index (χ1) is 7.59. The molecular weight excluding hydrogens is 220 g/mol. The number of H-pyrrole nitrogens is 1. The van der Waals surface area contributed by atoms with E-state index in [0.717, 1.165) is 11.6 Å². The molecule has 2 aromatic rings. The van der Waals surface area contributed by atoms with Crippen LogP contribution in [0.1, 0.15) is 23.7 Å². The number of nitrogens with two attached hydrogens (primary N) is 1. The van der Waals surface area contributed by atoms with E-state index in [4.69, 9.17) is 5.73 Å². The van der Waals surface area contributed by atoms with E-state index in [1.54, 1.807) is 11.3 Å². The largest absolute Gasteiger partial charge is 0.382 e. The summed E-state index contributed by atoms with van der Waals surface area (Å²) in [5.41, 5.74) is 5.88. The maximum absolute atomic E-state index is 5.88. The molecule has 0 saturated carbocycles. The standard InChI is InChI=1S/C11H16N4S/c1-7(9-5-4-6-16-9)15(3)11-10(12)13-8(2)14-11/h4-7H,12H2,1-3H3,(H,13,14). The molecular formula is C11H16N4S. The fourth-order valence-corrected chi connectivity index (χ4v) is 2.50. The number of rotatable bonds is 3. The van der Waals surface area contributed by atoms with Gasteiger partial charge in [-0.15, -0.1) is 11.3 Å². The van der Waals surface area contributed by atoms with Gasteiger partial charge in [-0.2, -0.15) is 0 Å². The van der Waals surface area contributed by atoms with Crippen molar-refractivity contribution in [2.75, 3.05) is 17.7 Å². The third-order valence-electron chi connectivity index (χ3n) is 2.70. The molecule has 0 spiro atoms. The molecule has 0 saturated heterocycles. The number of aromatic nitrogens is 2. The Morgan fingerprint density at radius 3 is 2.81 bits per heavy atom. The predicted octanol–water partition coefficient (Wildman–Crippen LogP) is 2.56. The highest BCUT2D eigenvalue weighted by Crippen LogP contribution is 2.29. The first-order valence-corrected chi connectivity index (χ1v) is 6.06. The highest BCUT2D eigenvalue weighted by atomic mass is 32.1. The summed E-state index contributed by atoms with van der Waals surface area (Å²) < 4.78 is 0. The van der Waals surface area contributed by atoms with Crippen LogP contribution >= 0.6 is 11.3 Å². The second kappa shape index (κ2) is 4.17. The van der Waals surface area contributed by atoms with Gasteiger partial charge in [-0.3, -0.25) is 0 Å². The molecule has 3 N–H and O–H groups in total. The van der Waals surface area contributed by atoms with Crippen LogP contribution in [0.15, 0.2) is 17.5 Å². The van der Waals surface area contributed by atoms with Crippen molar-refractivity contribution < 1.29 is 0 Å². The van der Waals surface area contributed by atoms with E-state index in [1.807, 2.05) is 14.0 Å². The number of anilines is 2. The van der Waals surface area contributed by atoms with Crippen molar-refractivity contribution in [2.45, 2.75) is 19.9 Å². The fraction of sp³-hybridized carbons (Fsp3) is 0.364. The molecule has 0 aliphatic heterocycles. The van der Waals surface area contributed by atoms with E-state index in [9.17, 15) is 0 Å². The lowest BCUT2D eigenvalue weighted by Gasteiger charge is -2.24. The minimum atomic E-state index is 0.282. The van der Waals surface area contributed by atoms with Gasteiger partial charge in [0.05, 0.1) is 6.04 Å². The van der Waals surface area contributed by atoms with Crippen molar-refractivity contribution in [2.24, 2.45) is 0 Å². The molecule has 16 heavy (non-hydrogen) atoms. The van der Waals surface area contributed by atoms with Crippen molar-refractivity contribution in [3.8, 4) is 0 Å². The molecule has 1 unspecified atom stereocenters. The van der Waals surface area contributed by atoms with Gasteiger partial charge in [0.1, 0.15) is 11.6 Å². The quantitative estimate of drug-likeness (QED) is 0.861. The number of nitrogens with zero attached hydrogens (tertiary/aromatic N) is 2. The number of aryl methyl sites for hydroxylation is 1. The molecule has 0 fully saturated rings. The fourth-order valence-electron chi connectivity index (χ4n) is 1.67. The van der Waals surface area contributed by atoms with Crippen LogP contribution in [0, 0.1) is 6.92 Å². The molecule has 2 aromatic heterocycles. The third-order valence-corrected chi connectivity index (χ3v) is 3.74. The highest BCUT2D eigenvalue weighted by molar-refractivity contribution is 7.10. The summed E-state index contributed by atoms with van der Waals surface area (Å²) in [6.45, 7) is 4.05. The molecule has 0 aliphatic rings. The zero-order valence-corrected chi connectivity index (χ0v) is 10.5. The van der Waals surface area contributed by atoms with Crippen molar-refractivity contribution in [3.05, 3.63) is 28.2 Å². The van der Waals surface area contributed by atoms with E-state index < -0.39 is 0 Å². The molecule has 0 amide bonds. The van der Waals surface area contributed by atoms with Gasteiger partial charge < -0.3 is 15.6 Å². The zero-order valence-electron chi connectivity index (χ0n) is 9.69. The van der Waals surface area contributed by atoms with Gasteiger partial charge in [-0.05, 0) is 25.3 Å². The second-order valence-corrected chi connectivity index (χ2v) is 4.84. The summed E-state index contributed by atoms with van der Waals surface area (Å²) in [6, 6.07) is 4.47. The highest BCUT2D eigenvalue weighted by Gasteiger charge is 2.17. The van der Waals surface area contributed by atoms with Gasteiger partial charge >= 0.3 is 0 Å². The van der Waals surface area contributed by atoms with Gasteiger partial charge in [0.25, 0.3) is 0 Å². The van der Waals surface area contributed by atoms with Gasteiger partial charge in [0.15, 0.2) is 5.82 Å². The Morgan fingerprint density at radius 1 is 1.56 bits per heavy atom. The topological polar surface area (TPSA) is 57.9 Å². The van der Waals surface area contributed by atoms with Crippen molar-refractivity contribution >= 4 is 23.0 Å². The smallest absolute Gasteiger partial charge is 0.171 e. The lowest BCUT2D eigenvalue weighted by Crippen LogP contribution is -2.22. The third kappa shape index (κ3) is 1.90. The van der Waals surface area contributed by atoms with Crippen LogP contribution in [0.5, 0.6) is 0 Å². The van der Waals surface area contributed by atoms with Crippen molar-refractivity contribution in [3.63, 3.8) is 0 Å². The zero-order chi connectivity index (χ0) is 11.7. The Kier molecular flexibility index (Phi) is 2.87. The van der Waals surface area contributed by atoms with E-state index in [1.165, 1.54) is 4.88 Å². The number of nitrogen functional groups attached to an aromatic ring is 1. The average molecular weight is 236 g/mol. The molecule has 1 atom stereocenters. The molecule has 86 valence electrons. The molecule has 2 heterocycles. The normalized spacial score (nSPS) is 12.7. The summed E-state index contributed by atoms with van der Waals surface area (Å²) >= 11 is 1.75. The summed E-state index contributed by atoms with van der Waals surface area (Å²) in [5.74, 6) is 2.29. The van der Waals surface area contributed by atoms with E-state index in [0.29, 0.717) is 5.82 Å². The molecule has 0 aromatic carbocycles. The molecule has 0 bridgehead atoms. The van der Waals surface area contributed by atoms with E-state index in [-0.39, 0.29) is 6.04 Å². The van der Waals surface area contributed by atoms with Crippen molar-refractivity contribution in [1.29, 1.82) is 0 Å². The Labute approximate surface area is 99.1 Å². The van der Waals surface area contributed by atoms with Crippen LogP contribution in [0.3, 0.4) is 0 Å². The summed E-state index contributed by atoms with van der Waals surface area (Å²) in [7, 11) is 2.01. The SMILES string of the molecule is Cc1nc(N(C)C(C)c2cccs2)c(N)[nH]1. The molecule has 0 radical (unpaired) electrons. The number of thiophene rings is 1. The lowest BCUT2D eigenvalue weighted by molar-refractivity contribution is 0.745. The number of imidazole rings is 1. The van der Waals surface area contributed by atoms with Crippen LogP contribution in [0.25, 0.3) is 0 Å². The van der Waals surface area contributed by atoms with Gasteiger partial charge in [0, 0.05) is 11.9 Å². The monoisotopic (exact) mass is 236 g/mol. The minimum Gasteiger partial charge on any atom is -0.382 e. The molecule has 2 rings (SSSR count). The Bertz CT molecular complexity index is 460. The Morgan fingerprint density at radius 2 is 2.31 bits per heavy atom. The van der Waals surface area contributed by atoms with E-state index in [2.05, 4.69) is 39.3 Å². The number of hydrogen-bond acceptors (Lipinski definition) is 4. The van der Waals surface area contributed by atoms with Gasteiger partial charge in [0.2, 0.25) is 0 Å². The first kappa shape index (κ1) is 11.0. The average Bonchev–Trinajstić information content (AvgIpc) is 2.85. The predicted molar refractivity (Wildman–Crippen MR) is 68.9 cm³/mol. The molecule has 5 heteroatoms. The van der Waals surface area contributed by atoms with Crippen LogP contribution in [0.4, 0.5) is 11.6 Å². The van der Waals surface area contributed by atoms with Gasteiger partial charge in [-0.1, -0.05) is 6.07 Å². The minimum absolute atomic E-state index is 0.282. The number of aromatic amines is 1. The Hall–Kier alpha value is -1.49. The molecule has 0 aliphatic carbocycles. The van der Waals surface area contributed by atoms with Crippen LogP contribution < -0.4 is 10.6 Å². The van der Waals surface area contributed by atoms with Crippen LogP contribution in [0.2, 0.25) is 0 Å². The Balaban J connectivity index is 2.25. The first-order valence-electron chi connectivity index (χ1n) is 5.18. The number of nitrogens with one attached hydrogen (secondary N) is 1. The van der Waals surface area contributed by atoms with Crippen molar-refractivity contribution in [1.82, 2.24) is 9.97 Å². The number of hydrogen-bond donors (Lipinski definition) is 2. The summed E-state index contributed by atoms with van der Waals surface area (Å²) in [5, 5.41) is 2.08. The maximum atomic E-state index is 5.88. The summed E-state index contributed by atoms with van der Waals surface area (Å²) in [4.78, 5) is 10.8. The van der Waals surface area contributed by atoms with Gasteiger partial charge in [-0.25, -0.2) is 4.98 Å². The van der Waals surface area contributed by atoms with E-state index >= 15 is 0 Å². The molecule has 4 nitrogen and oxygen atoms in total. The van der Waals surface area contributed by atoms with Crippen LogP contribution in [-0.2, 0) is 0 Å². The van der Waals surface area contributed by atoms with Crippen LogP contribution in [-0.4, -0.2) is 17.0 Å².